The monoisotopic (exact) mass is 350 g/mol. The largest absolute Gasteiger partial charge is 0.466 e. The summed E-state index contributed by atoms with van der Waals surface area (Å²) in [6.45, 7) is 2.96. The average molecular weight is 350 g/mol. The summed E-state index contributed by atoms with van der Waals surface area (Å²) in [4.78, 5) is 38.1. The summed E-state index contributed by atoms with van der Waals surface area (Å²) in [5, 5.41) is 2.66. The standard InChI is InChI=1S/C18H23FN2O4/c1-2-3-4-11-25-16(22)12-15-17(23)20-9-10-21(15)18(24)13-5-7-14(19)8-6-13/h5-8,15H,2-4,9-12H2,1H3,(H,20,23). The number of carbonyl (C=O) groups is 3. The summed E-state index contributed by atoms with van der Waals surface area (Å²) in [5.41, 5.74) is 0.275. The highest BCUT2D eigenvalue weighted by atomic mass is 19.1. The highest BCUT2D eigenvalue weighted by Gasteiger charge is 2.35. The second-order valence-electron chi connectivity index (χ2n) is 5.94. The molecule has 0 saturated carbocycles. The van der Waals surface area contributed by atoms with Crippen molar-refractivity contribution in [3.8, 4) is 0 Å². The number of hydrogen-bond donors (Lipinski definition) is 1. The molecule has 0 aromatic heterocycles. The van der Waals surface area contributed by atoms with Gasteiger partial charge in [0.15, 0.2) is 0 Å². The van der Waals surface area contributed by atoms with Gasteiger partial charge in [0, 0.05) is 18.7 Å². The van der Waals surface area contributed by atoms with Crippen molar-refractivity contribution in [1.82, 2.24) is 10.2 Å². The van der Waals surface area contributed by atoms with Gasteiger partial charge in [-0.25, -0.2) is 4.39 Å². The van der Waals surface area contributed by atoms with Crippen LogP contribution in [0.1, 0.15) is 43.0 Å². The molecule has 25 heavy (non-hydrogen) atoms. The SMILES string of the molecule is CCCCCOC(=O)CC1C(=O)NCCN1C(=O)c1ccc(F)cc1. The summed E-state index contributed by atoms with van der Waals surface area (Å²) >= 11 is 0. The predicted octanol–water partition coefficient (Wildman–Crippen LogP) is 1.89. The van der Waals surface area contributed by atoms with Crippen LogP contribution in [-0.2, 0) is 14.3 Å². The summed E-state index contributed by atoms with van der Waals surface area (Å²) in [5.74, 6) is -1.74. The van der Waals surface area contributed by atoms with Crippen molar-refractivity contribution in [3.63, 3.8) is 0 Å². The zero-order valence-electron chi connectivity index (χ0n) is 14.3. The normalized spacial score (nSPS) is 17.1. The first-order valence-electron chi connectivity index (χ1n) is 8.52. The van der Waals surface area contributed by atoms with Crippen LogP contribution < -0.4 is 5.32 Å². The van der Waals surface area contributed by atoms with Gasteiger partial charge in [-0.05, 0) is 30.7 Å². The molecule has 1 saturated heterocycles. The molecule has 1 aliphatic heterocycles. The molecule has 0 aliphatic carbocycles. The Morgan fingerprint density at radius 2 is 2.00 bits per heavy atom. The van der Waals surface area contributed by atoms with E-state index in [0.29, 0.717) is 13.2 Å². The number of benzene rings is 1. The van der Waals surface area contributed by atoms with Gasteiger partial charge in [0.05, 0.1) is 13.0 Å². The van der Waals surface area contributed by atoms with Crippen LogP contribution in [0.5, 0.6) is 0 Å². The van der Waals surface area contributed by atoms with Crippen LogP contribution in [0.15, 0.2) is 24.3 Å². The fraction of sp³-hybridized carbons (Fsp3) is 0.500. The Bertz CT molecular complexity index is 618. The molecular weight excluding hydrogens is 327 g/mol. The van der Waals surface area contributed by atoms with Crippen LogP contribution in [0.2, 0.25) is 0 Å². The molecule has 6 nitrogen and oxygen atoms in total. The summed E-state index contributed by atoms with van der Waals surface area (Å²) < 4.78 is 18.2. The molecular formula is C18H23FN2O4. The summed E-state index contributed by atoms with van der Waals surface area (Å²) in [6, 6.07) is 4.20. The number of rotatable bonds is 7. The first-order chi connectivity index (χ1) is 12.0. The van der Waals surface area contributed by atoms with Crippen LogP contribution in [0.3, 0.4) is 0 Å². The Morgan fingerprint density at radius 1 is 1.28 bits per heavy atom. The van der Waals surface area contributed by atoms with Crippen molar-refractivity contribution >= 4 is 17.8 Å². The van der Waals surface area contributed by atoms with E-state index in [-0.39, 0.29) is 24.4 Å². The van der Waals surface area contributed by atoms with Gasteiger partial charge in [0.25, 0.3) is 5.91 Å². The van der Waals surface area contributed by atoms with E-state index in [2.05, 4.69) is 5.32 Å². The van der Waals surface area contributed by atoms with E-state index in [1.54, 1.807) is 0 Å². The van der Waals surface area contributed by atoms with Gasteiger partial charge in [-0.1, -0.05) is 19.8 Å². The molecule has 1 fully saturated rings. The lowest BCUT2D eigenvalue weighted by atomic mass is 10.1. The van der Waals surface area contributed by atoms with Crippen molar-refractivity contribution in [2.24, 2.45) is 0 Å². The van der Waals surface area contributed by atoms with E-state index < -0.39 is 23.7 Å². The highest BCUT2D eigenvalue weighted by Crippen LogP contribution is 2.15. The van der Waals surface area contributed by atoms with Crippen molar-refractivity contribution in [1.29, 1.82) is 0 Å². The van der Waals surface area contributed by atoms with Crippen molar-refractivity contribution in [3.05, 3.63) is 35.6 Å². The number of carbonyl (C=O) groups excluding carboxylic acids is 3. The third-order valence-corrected chi connectivity index (χ3v) is 4.05. The fourth-order valence-corrected chi connectivity index (χ4v) is 2.67. The minimum atomic E-state index is -0.912. The Kier molecular flexibility index (Phi) is 6.91. The number of ether oxygens (including phenoxy) is 1. The van der Waals surface area contributed by atoms with Gasteiger partial charge < -0.3 is 15.0 Å². The lowest BCUT2D eigenvalue weighted by Gasteiger charge is -2.34. The molecule has 1 aliphatic rings. The first kappa shape index (κ1) is 18.9. The minimum absolute atomic E-state index is 0.190. The number of nitrogens with zero attached hydrogens (tertiary/aromatic N) is 1. The molecule has 1 unspecified atom stereocenters. The fourth-order valence-electron chi connectivity index (χ4n) is 2.67. The molecule has 1 atom stereocenters. The van der Waals surface area contributed by atoms with Crippen LogP contribution in [-0.4, -0.2) is 48.4 Å². The van der Waals surface area contributed by atoms with E-state index in [4.69, 9.17) is 4.74 Å². The first-order valence-corrected chi connectivity index (χ1v) is 8.52. The number of hydrogen-bond acceptors (Lipinski definition) is 4. The van der Waals surface area contributed by atoms with Gasteiger partial charge in [-0.15, -0.1) is 0 Å². The second-order valence-corrected chi connectivity index (χ2v) is 5.94. The molecule has 1 aromatic rings. The maximum atomic E-state index is 13.0. The lowest BCUT2D eigenvalue weighted by Crippen LogP contribution is -2.57. The van der Waals surface area contributed by atoms with Crippen LogP contribution >= 0.6 is 0 Å². The number of unbranched alkanes of at least 4 members (excludes halogenated alkanes) is 2. The molecule has 2 amide bonds. The number of piperazine rings is 1. The minimum Gasteiger partial charge on any atom is -0.466 e. The smallest absolute Gasteiger partial charge is 0.308 e. The van der Waals surface area contributed by atoms with Crippen molar-refractivity contribution in [2.45, 2.75) is 38.6 Å². The third-order valence-electron chi connectivity index (χ3n) is 4.05. The van der Waals surface area contributed by atoms with E-state index in [0.717, 1.165) is 19.3 Å². The van der Waals surface area contributed by atoms with Crippen molar-refractivity contribution < 1.29 is 23.5 Å². The highest BCUT2D eigenvalue weighted by molar-refractivity contribution is 5.99. The summed E-state index contributed by atoms with van der Waals surface area (Å²) in [7, 11) is 0. The number of esters is 1. The van der Waals surface area contributed by atoms with Gasteiger partial charge in [0.1, 0.15) is 11.9 Å². The molecule has 1 N–H and O–H groups in total. The van der Waals surface area contributed by atoms with E-state index in [1.165, 1.54) is 29.2 Å². The molecule has 136 valence electrons. The van der Waals surface area contributed by atoms with E-state index in [1.807, 2.05) is 6.92 Å². The predicted molar refractivity (Wildman–Crippen MR) is 89.3 cm³/mol. The lowest BCUT2D eigenvalue weighted by molar-refractivity contribution is -0.147. The molecule has 7 heteroatoms. The van der Waals surface area contributed by atoms with Gasteiger partial charge in [0.2, 0.25) is 5.91 Å². The Hall–Kier alpha value is -2.44. The van der Waals surface area contributed by atoms with E-state index >= 15 is 0 Å². The summed E-state index contributed by atoms with van der Waals surface area (Å²) in [6.07, 6.45) is 2.57. The Labute approximate surface area is 146 Å². The average Bonchev–Trinajstić information content (AvgIpc) is 2.60. The van der Waals surface area contributed by atoms with Gasteiger partial charge in [-0.2, -0.15) is 0 Å². The van der Waals surface area contributed by atoms with Crippen LogP contribution in [0.25, 0.3) is 0 Å². The Morgan fingerprint density at radius 3 is 2.68 bits per heavy atom. The molecule has 2 rings (SSSR count). The Balaban J connectivity index is 2.02. The number of halogens is 1. The maximum Gasteiger partial charge on any atom is 0.308 e. The second kappa shape index (κ2) is 9.15. The van der Waals surface area contributed by atoms with E-state index in [9.17, 15) is 18.8 Å². The zero-order valence-corrected chi connectivity index (χ0v) is 14.3. The topological polar surface area (TPSA) is 75.7 Å². The molecule has 1 heterocycles. The molecule has 1 aromatic carbocycles. The third kappa shape index (κ3) is 5.27. The molecule has 0 radical (unpaired) electrons. The molecule has 0 spiro atoms. The zero-order chi connectivity index (χ0) is 18.2. The van der Waals surface area contributed by atoms with Gasteiger partial charge >= 0.3 is 5.97 Å². The maximum absolute atomic E-state index is 13.0. The quantitative estimate of drug-likeness (QED) is 0.602. The number of nitrogens with one attached hydrogen (secondary N) is 1. The number of amides is 2. The molecule has 0 bridgehead atoms. The van der Waals surface area contributed by atoms with Crippen LogP contribution in [0, 0.1) is 5.82 Å². The van der Waals surface area contributed by atoms with Crippen molar-refractivity contribution in [2.75, 3.05) is 19.7 Å². The van der Waals surface area contributed by atoms with Gasteiger partial charge in [-0.3, -0.25) is 14.4 Å². The van der Waals surface area contributed by atoms with Crippen LogP contribution in [0.4, 0.5) is 4.39 Å².